The summed E-state index contributed by atoms with van der Waals surface area (Å²) in [6.45, 7) is 7.81. The zero-order chi connectivity index (χ0) is 19.5. The van der Waals surface area contributed by atoms with E-state index < -0.39 is 6.43 Å². The van der Waals surface area contributed by atoms with Crippen LogP contribution in [0.15, 0.2) is 4.99 Å². The predicted octanol–water partition coefficient (Wildman–Crippen LogP) is 3.40. The number of alkyl halides is 2. The minimum atomic E-state index is -2.25. The molecule has 2 aliphatic rings. The zero-order valence-electron chi connectivity index (χ0n) is 17.1. The smallest absolute Gasteiger partial charge is 0.251 e. The molecule has 0 unspecified atom stereocenters. The third-order valence-electron chi connectivity index (χ3n) is 5.57. The number of hydrogen-bond acceptors (Lipinski definition) is 3. The number of nitrogens with one attached hydrogen (secondary N) is 2. The number of likely N-dealkylation sites (tertiary alicyclic amines) is 1. The number of guanidine groups is 1. The SMILES string of the molecule is CCCOC1(CN=C(NCC)NC2CCN(CC(F)F)CC2)CCCCC1. The molecule has 0 amide bonds. The fourth-order valence-electron chi connectivity index (χ4n) is 4.05. The molecule has 0 aromatic carbocycles. The van der Waals surface area contributed by atoms with Crippen molar-refractivity contribution < 1.29 is 13.5 Å². The first kappa shape index (κ1) is 22.3. The number of halogens is 2. The van der Waals surface area contributed by atoms with E-state index >= 15 is 0 Å². The molecule has 0 radical (unpaired) electrons. The zero-order valence-corrected chi connectivity index (χ0v) is 17.1. The number of hydrogen-bond donors (Lipinski definition) is 2. The number of nitrogens with zero attached hydrogens (tertiary/aromatic N) is 2. The van der Waals surface area contributed by atoms with Gasteiger partial charge in [0, 0.05) is 32.3 Å². The maximum absolute atomic E-state index is 12.5. The van der Waals surface area contributed by atoms with Crippen molar-refractivity contribution in [3.63, 3.8) is 0 Å². The molecule has 0 spiro atoms. The Labute approximate surface area is 163 Å². The number of aliphatic imine (C=N–C) groups is 1. The molecule has 1 saturated carbocycles. The van der Waals surface area contributed by atoms with Crippen molar-refractivity contribution in [3.05, 3.63) is 0 Å². The molecule has 0 aromatic heterocycles. The van der Waals surface area contributed by atoms with E-state index in [-0.39, 0.29) is 18.2 Å². The van der Waals surface area contributed by atoms with E-state index in [2.05, 4.69) is 24.5 Å². The maximum atomic E-state index is 12.5. The van der Waals surface area contributed by atoms with Gasteiger partial charge in [-0.15, -0.1) is 0 Å². The molecule has 1 saturated heterocycles. The molecular formula is C20H38F2N4O. The van der Waals surface area contributed by atoms with Crippen LogP contribution in [-0.4, -0.2) is 68.3 Å². The van der Waals surface area contributed by atoms with Gasteiger partial charge < -0.3 is 15.4 Å². The average Bonchev–Trinajstić information content (AvgIpc) is 2.67. The molecule has 2 N–H and O–H groups in total. The molecule has 1 heterocycles. The van der Waals surface area contributed by atoms with Crippen molar-refractivity contribution >= 4 is 5.96 Å². The molecule has 2 fully saturated rings. The van der Waals surface area contributed by atoms with Gasteiger partial charge >= 0.3 is 0 Å². The topological polar surface area (TPSA) is 48.9 Å². The second-order valence-electron chi connectivity index (χ2n) is 7.90. The first-order valence-corrected chi connectivity index (χ1v) is 10.8. The van der Waals surface area contributed by atoms with Crippen molar-refractivity contribution in [3.8, 4) is 0 Å². The summed E-state index contributed by atoms with van der Waals surface area (Å²) in [5.74, 6) is 0.829. The van der Waals surface area contributed by atoms with Crippen molar-refractivity contribution in [2.75, 3.05) is 39.3 Å². The quantitative estimate of drug-likeness (QED) is 0.470. The number of piperidine rings is 1. The van der Waals surface area contributed by atoms with Gasteiger partial charge in [0.05, 0.1) is 18.7 Å². The second-order valence-corrected chi connectivity index (χ2v) is 7.90. The van der Waals surface area contributed by atoms with Crippen molar-refractivity contribution in [2.45, 2.75) is 83.3 Å². The maximum Gasteiger partial charge on any atom is 0.251 e. The van der Waals surface area contributed by atoms with Crippen LogP contribution < -0.4 is 10.6 Å². The molecule has 1 aliphatic carbocycles. The molecule has 1 aliphatic heterocycles. The largest absolute Gasteiger partial charge is 0.373 e. The fraction of sp³-hybridized carbons (Fsp3) is 0.950. The Morgan fingerprint density at radius 2 is 1.89 bits per heavy atom. The Morgan fingerprint density at radius 3 is 2.48 bits per heavy atom. The van der Waals surface area contributed by atoms with Crippen LogP contribution in [0.2, 0.25) is 0 Å². The minimum absolute atomic E-state index is 0.113. The molecule has 7 heteroatoms. The lowest BCUT2D eigenvalue weighted by atomic mass is 9.84. The molecule has 5 nitrogen and oxygen atoms in total. The highest BCUT2D eigenvalue weighted by Gasteiger charge is 2.33. The number of rotatable bonds is 9. The van der Waals surface area contributed by atoms with Crippen LogP contribution in [0.25, 0.3) is 0 Å². The van der Waals surface area contributed by atoms with Crippen LogP contribution in [0, 0.1) is 0 Å². The van der Waals surface area contributed by atoms with E-state index in [0.717, 1.165) is 51.2 Å². The van der Waals surface area contributed by atoms with Crippen LogP contribution in [0.3, 0.4) is 0 Å². The summed E-state index contributed by atoms with van der Waals surface area (Å²) in [6, 6.07) is 0.288. The Bertz CT molecular complexity index is 434. The Hall–Kier alpha value is -0.950. The Morgan fingerprint density at radius 1 is 1.19 bits per heavy atom. The van der Waals surface area contributed by atoms with E-state index in [1.165, 1.54) is 19.3 Å². The number of ether oxygens (including phenoxy) is 1. The molecule has 158 valence electrons. The summed E-state index contributed by atoms with van der Waals surface area (Å²) < 4.78 is 31.3. The predicted molar refractivity (Wildman–Crippen MR) is 107 cm³/mol. The summed E-state index contributed by atoms with van der Waals surface area (Å²) in [4.78, 5) is 6.71. The van der Waals surface area contributed by atoms with E-state index in [1.54, 1.807) is 0 Å². The highest BCUT2D eigenvalue weighted by atomic mass is 19.3. The first-order valence-electron chi connectivity index (χ1n) is 10.8. The van der Waals surface area contributed by atoms with Gasteiger partial charge in [0.1, 0.15) is 0 Å². The molecule has 0 bridgehead atoms. The normalized spacial score (nSPS) is 22.2. The lowest BCUT2D eigenvalue weighted by Crippen LogP contribution is -2.50. The molecule has 0 atom stereocenters. The van der Waals surface area contributed by atoms with Gasteiger partial charge in [-0.3, -0.25) is 9.89 Å². The summed E-state index contributed by atoms with van der Waals surface area (Å²) in [6.07, 6.45) is 6.41. The van der Waals surface area contributed by atoms with Crippen LogP contribution in [0.4, 0.5) is 8.78 Å². The van der Waals surface area contributed by atoms with Gasteiger partial charge in [0.25, 0.3) is 6.43 Å². The summed E-state index contributed by atoms with van der Waals surface area (Å²) in [5.41, 5.74) is -0.114. The van der Waals surface area contributed by atoms with E-state index in [1.807, 2.05) is 4.90 Å². The van der Waals surface area contributed by atoms with Crippen molar-refractivity contribution in [1.82, 2.24) is 15.5 Å². The van der Waals surface area contributed by atoms with Crippen LogP contribution >= 0.6 is 0 Å². The van der Waals surface area contributed by atoms with Gasteiger partial charge in [-0.1, -0.05) is 26.2 Å². The van der Waals surface area contributed by atoms with Gasteiger partial charge in [-0.2, -0.15) is 0 Å². The fourth-order valence-corrected chi connectivity index (χ4v) is 4.05. The lowest BCUT2D eigenvalue weighted by molar-refractivity contribution is -0.0624. The van der Waals surface area contributed by atoms with Gasteiger partial charge in [0.15, 0.2) is 5.96 Å². The van der Waals surface area contributed by atoms with Gasteiger partial charge in [-0.05, 0) is 39.0 Å². The average molecular weight is 389 g/mol. The highest BCUT2D eigenvalue weighted by Crippen LogP contribution is 2.32. The first-order chi connectivity index (χ1) is 13.1. The van der Waals surface area contributed by atoms with Gasteiger partial charge in [0.2, 0.25) is 0 Å². The standard InChI is InChI=1S/C20H38F2N4O/c1-3-14-27-20(10-6-5-7-11-20)16-24-19(23-4-2)25-17-8-12-26(13-9-17)15-18(21)22/h17-18H,3-16H2,1-2H3,(H2,23,24,25). The third kappa shape index (κ3) is 7.90. The van der Waals surface area contributed by atoms with Crippen LogP contribution in [0.1, 0.15) is 65.2 Å². The summed E-state index contributed by atoms with van der Waals surface area (Å²) in [7, 11) is 0. The van der Waals surface area contributed by atoms with E-state index in [9.17, 15) is 8.78 Å². The third-order valence-corrected chi connectivity index (χ3v) is 5.57. The van der Waals surface area contributed by atoms with E-state index in [4.69, 9.17) is 9.73 Å². The molecule has 27 heavy (non-hydrogen) atoms. The van der Waals surface area contributed by atoms with Gasteiger partial charge in [-0.25, -0.2) is 8.78 Å². The van der Waals surface area contributed by atoms with Crippen molar-refractivity contribution in [2.24, 2.45) is 4.99 Å². The highest BCUT2D eigenvalue weighted by molar-refractivity contribution is 5.80. The minimum Gasteiger partial charge on any atom is -0.373 e. The molecule has 2 rings (SSSR count). The lowest BCUT2D eigenvalue weighted by Gasteiger charge is -2.36. The monoisotopic (exact) mass is 388 g/mol. The Balaban J connectivity index is 1.89. The second kappa shape index (κ2) is 11.8. The Kier molecular flexibility index (Phi) is 9.76. The molecule has 0 aromatic rings. The van der Waals surface area contributed by atoms with E-state index in [0.29, 0.717) is 19.6 Å². The van der Waals surface area contributed by atoms with Crippen molar-refractivity contribution in [1.29, 1.82) is 0 Å². The van der Waals surface area contributed by atoms with Crippen LogP contribution in [-0.2, 0) is 4.74 Å². The van der Waals surface area contributed by atoms with Crippen LogP contribution in [0.5, 0.6) is 0 Å². The molecular weight excluding hydrogens is 350 g/mol. The summed E-state index contributed by atoms with van der Waals surface area (Å²) >= 11 is 0. The summed E-state index contributed by atoms with van der Waals surface area (Å²) in [5, 5.41) is 6.85.